The lowest BCUT2D eigenvalue weighted by Crippen LogP contribution is -2.40. The summed E-state index contributed by atoms with van der Waals surface area (Å²) in [7, 11) is -4.13. The first-order valence-corrected chi connectivity index (χ1v) is 14.3. The summed E-state index contributed by atoms with van der Waals surface area (Å²) in [6.07, 6.45) is 9.44. The van der Waals surface area contributed by atoms with Crippen LogP contribution in [0.25, 0.3) is 0 Å². The number of rotatable bonds is 14. The number of halogens is 2. The highest BCUT2D eigenvalue weighted by molar-refractivity contribution is 7.85. The maximum absolute atomic E-state index is 11.1. The zero-order valence-electron chi connectivity index (χ0n) is 21.6. The Morgan fingerprint density at radius 1 is 0.946 bits per heavy atom. The maximum Gasteiger partial charge on any atom is 0.294 e. The predicted octanol–water partition coefficient (Wildman–Crippen LogP) is 5.15. The standard InChI is InChI=1S/C27H40N2O5S.2ClH/c1-2-18-29(23-10-13-25-22(20-23)9-14-26(30)27(25)31)19-6-4-3-5-16-28-17-15-21-7-11-24(12-8-21)35(32,33)34;;/h7-9,11-12,14,23,28,30-31H,2-6,10,13,15-20H2,1H3,(H,32,33,34);2*1H. The molecule has 0 saturated carbocycles. The van der Waals surface area contributed by atoms with Crippen molar-refractivity contribution in [1.29, 1.82) is 0 Å². The monoisotopic (exact) mass is 576 g/mol. The van der Waals surface area contributed by atoms with Crippen molar-refractivity contribution < 1.29 is 23.2 Å². The number of nitrogens with one attached hydrogen (secondary N) is 1. The molecule has 210 valence electrons. The number of phenolic OH excluding ortho intramolecular Hbond substituents is 2. The fourth-order valence-corrected chi connectivity index (χ4v) is 5.46. The summed E-state index contributed by atoms with van der Waals surface area (Å²) in [5.74, 6) is 0.0445. The summed E-state index contributed by atoms with van der Waals surface area (Å²) >= 11 is 0. The van der Waals surface area contributed by atoms with Gasteiger partial charge in [0.05, 0.1) is 4.90 Å². The smallest absolute Gasteiger partial charge is 0.294 e. The second-order valence-corrected chi connectivity index (χ2v) is 11.0. The quantitative estimate of drug-likeness (QED) is 0.140. The number of fused-ring (bicyclic) bond motifs is 1. The Morgan fingerprint density at radius 3 is 2.32 bits per heavy atom. The van der Waals surface area contributed by atoms with E-state index in [1.54, 1.807) is 18.2 Å². The van der Waals surface area contributed by atoms with Gasteiger partial charge in [-0.25, -0.2) is 0 Å². The number of hydrogen-bond acceptors (Lipinski definition) is 6. The Labute approximate surface area is 234 Å². The molecule has 0 aliphatic heterocycles. The van der Waals surface area contributed by atoms with E-state index in [1.807, 2.05) is 6.07 Å². The molecule has 7 nitrogen and oxygen atoms in total. The third-order valence-electron chi connectivity index (χ3n) is 6.93. The topological polar surface area (TPSA) is 110 Å². The van der Waals surface area contributed by atoms with Crippen LogP contribution in [0.4, 0.5) is 0 Å². The minimum absolute atomic E-state index is 0. The molecule has 1 unspecified atom stereocenters. The van der Waals surface area contributed by atoms with Crippen molar-refractivity contribution in [3.63, 3.8) is 0 Å². The molecule has 1 aliphatic carbocycles. The average Bonchev–Trinajstić information content (AvgIpc) is 2.84. The van der Waals surface area contributed by atoms with Gasteiger partial charge >= 0.3 is 0 Å². The molecule has 0 bridgehead atoms. The average molecular weight is 578 g/mol. The minimum atomic E-state index is -4.13. The van der Waals surface area contributed by atoms with Crippen LogP contribution in [0.3, 0.4) is 0 Å². The Hall–Kier alpha value is -1.55. The fourth-order valence-electron chi connectivity index (χ4n) is 4.98. The SMILES string of the molecule is CCCN(CCCCCCNCCc1ccc(S(=O)(=O)O)cc1)C1CCc2c(ccc(O)c2O)C1.Cl.Cl. The second-order valence-electron chi connectivity index (χ2n) is 9.54. The summed E-state index contributed by atoms with van der Waals surface area (Å²) in [4.78, 5) is 2.54. The Kier molecular flexibility index (Phi) is 14.9. The number of phenols is 2. The van der Waals surface area contributed by atoms with Crippen LogP contribution in [0, 0.1) is 0 Å². The van der Waals surface area contributed by atoms with Crippen LogP contribution in [-0.4, -0.2) is 60.3 Å². The van der Waals surface area contributed by atoms with E-state index in [0.29, 0.717) is 6.04 Å². The highest BCUT2D eigenvalue weighted by Gasteiger charge is 2.26. The number of hydrogen-bond donors (Lipinski definition) is 4. The molecule has 0 aromatic heterocycles. The van der Waals surface area contributed by atoms with Crippen molar-refractivity contribution >= 4 is 34.9 Å². The molecule has 0 spiro atoms. The van der Waals surface area contributed by atoms with Gasteiger partial charge in [-0.3, -0.25) is 4.55 Å². The van der Waals surface area contributed by atoms with Crippen molar-refractivity contribution in [3.05, 3.63) is 53.1 Å². The van der Waals surface area contributed by atoms with Crippen LogP contribution in [0.5, 0.6) is 11.5 Å². The molecule has 10 heteroatoms. The van der Waals surface area contributed by atoms with Gasteiger partial charge in [0.1, 0.15) is 0 Å². The minimum Gasteiger partial charge on any atom is -0.504 e. The summed E-state index contributed by atoms with van der Waals surface area (Å²) in [6, 6.07) is 10.4. The van der Waals surface area contributed by atoms with Gasteiger partial charge in [0.25, 0.3) is 10.1 Å². The molecule has 1 atom stereocenters. The molecule has 2 aromatic rings. The maximum atomic E-state index is 11.1. The lowest BCUT2D eigenvalue weighted by Gasteiger charge is -2.35. The first-order valence-electron chi connectivity index (χ1n) is 12.8. The van der Waals surface area contributed by atoms with Gasteiger partial charge in [-0.15, -0.1) is 24.8 Å². The lowest BCUT2D eigenvalue weighted by molar-refractivity contribution is 0.175. The zero-order chi connectivity index (χ0) is 25.3. The lowest BCUT2D eigenvalue weighted by atomic mass is 9.86. The molecule has 1 aliphatic rings. The van der Waals surface area contributed by atoms with E-state index in [1.165, 1.54) is 31.4 Å². The Bertz CT molecular complexity index is 1050. The highest BCUT2D eigenvalue weighted by atomic mass is 35.5. The molecular formula is C27H42Cl2N2O5S. The predicted molar refractivity (Wildman–Crippen MR) is 153 cm³/mol. The third-order valence-corrected chi connectivity index (χ3v) is 7.80. The summed E-state index contributed by atoms with van der Waals surface area (Å²) in [5.41, 5.74) is 3.12. The van der Waals surface area contributed by atoms with E-state index >= 15 is 0 Å². The summed E-state index contributed by atoms with van der Waals surface area (Å²) in [5, 5.41) is 23.4. The Balaban J connectivity index is 0.00000342. The van der Waals surface area contributed by atoms with Crippen molar-refractivity contribution in [3.8, 4) is 11.5 Å². The normalized spacial score (nSPS) is 15.1. The van der Waals surface area contributed by atoms with Gasteiger partial charge in [-0.1, -0.05) is 38.0 Å². The molecular weight excluding hydrogens is 535 g/mol. The molecule has 4 N–H and O–H groups in total. The van der Waals surface area contributed by atoms with Crippen molar-refractivity contribution in [2.75, 3.05) is 26.2 Å². The van der Waals surface area contributed by atoms with Crippen molar-refractivity contribution in [2.45, 2.75) is 75.6 Å². The van der Waals surface area contributed by atoms with Gasteiger partial charge in [0.15, 0.2) is 11.5 Å². The summed E-state index contributed by atoms with van der Waals surface area (Å²) in [6.45, 7) is 6.23. The Morgan fingerprint density at radius 2 is 1.65 bits per heavy atom. The van der Waals surface area contributed by atoms with Gasteiger partial charge in [-0.05, 0) is 100 Å². The first kappa shape index (κ1) is 33.5. The van der Waals surface area contributed by atoms with E-state index in [4.69, 9.17) is 4.55 Å². The number of nitrogens with zero attached hydrogens (tertiary/aromatic N) is 1. The van der Waals surface area contributed by atoms with E-state index in [2.05, 4.69) is 17.1 Å². The molecule has 0 saturated heterocycles. The van der Waals surface area contributed by atoms with Gasteiger partial charge < -0.3 is 20.4 Å². The first-order chi connectivity index (χ1) is 16.8. The molecule has 37 heavy (non-hydrogen) atoms. The van der Waals surface area contributed by atoms with E-state index in [9.17, 15) is 18.6 Å². The number of unbranched alkanes of at least 4 members (excludes halogenated alkanes) is 3. The fraction of sp³-hybridized carbons (Fsp3) is 0.556. The van der Waals surface area contributed by atoms with Gasteiger partial charge in [-0.2, -0.15) is 8.42 Å². The van der Waals surface area contributed by atoms with Gasteiger partial charge in [0.2, 0.25) is 0 Å². The molecule has 0 fully saturated rings. The van der Waals surface area contributed by atoms with Crippen LogP contribution in [0.2, 0.25) is 0 Å². The van der Waals surface area contributed by atoms with Crippen LogP contribution in [0.15, 0.2) is 41.3 Å². The third kappa shape index (κ3) is 10.3. The zero-order valence-corrected chi connectivity index (χ0v) is 24.0. The second kappa shape index (κ2) is 16.4. The molecule has 2 aromatic carbocycles. The molecule has 0 radical (unpaired) electrons. The van der Waals surface area contributed by atoms with Crippen molar-refractivity contribution in [2.24, 2.45) is 0 Å². The number of aromatic hydroxyl groups is 2. The van der Waals surface area contributed by atoms with Gasteiger partial charge in [0, 0.05) is 11.6 Å². The van der Waals surface area contributed by atoms with E-state index in [-0.39, 0.29) is 41.2 Å². The largest absolute Gasteiger partial charge is 0.504 e. The molecule has 0 amide bonds. The van der Waals surface area contributed by atoms with Crippen LogP contribution < -0.4 is 5.32 Å². The van der Waals surface area contributed by atoms with Crippen LogP contribution in [0.1, 0.15) is 62.1 Å². The highest BCUT2D eigenvalue weighted by Crippen LogP contribution is 2.36. The van der Waals surface area contributed by atoms with Crippen LogP contribution in [-0.2, 0) is 29.4 Å². The van der Waals surface area contributed by atoms with Crippen LogP contribution >= 0.6 is 24.8 Å². The van der Waals surface area contributed by atoms with Crippen molar-refractivity contribution in [1.82, 2.24) is 10.2 Å². The molecule has 0 heterocycles. The number of benzene rings is 2. The molecule has 3 rings (SSSR count). The summed E-state index contributed by atoms with van der Waals surface area (Å²) < 4.78 is 31.2. The van der Waals surface area contributed by atoms with E-state index in [0.717, 1.165) is 81.4 Å². The van der Waals surface area contributed by atoms with E-state index < -0.39 is 10.1 Å².